The third-order valence-corrected chi connectivity index (χ3v) is 11.4. The molecule has 4 saturated heterocycles. The molecule has 44 heavy (non-hydrogen) atoms. The van der Waals surface area contributed by atoms with Crippen LogP contribution in [0.3, 0.4) is 0 Å². The van der Waals surface area contributed by atoms with E-state index in [1.165, 1.54) is 12.1 Å². The molecule has 2 aromatic heterocycles. The van der Waals surface area contributed by atoms with E-state index in [-0.39, 0.29) is 73.5 Å². The molecule has 4 aromatic rings. The quantitative estimate of drug-likeness (QED) is 0.315. The lowest BCUT2D eigenvalue weighted by atomic mass is 9.95. The lowest BCUT2D eigenvalue weighted by Gasteiger charge is -2.40. The van der Waals surface area contributed by atoms with Crippen LogP contribution in [-0.2, 0) is 0 Å². The smallest absolute Gasteiger partial charge is 0.319 e. The summed E-state index contributed by atoms with van der Waals surface area (Å²) in [5.74, 6) is -0.451. The molecule has 0 unspecified atom stereocenters. The van der Waals surface area contributed by atoms with E-state index in [2.05, 4.69) is 25.1 Å². The summed E-state index contributed by atoms with van der Waals surface area (Å²) < 4.78 is 59.1. The number of ether oxygens (including phenoxy) is 2. The molecule has 2 bridgehead atoms. The van der Waals surface area contributed by atoms with Gasteiger partial charge in [0.1, 0.15) is 36.5 Å². The number of fused-ring (bicyclic) bond motifs is 7. The van der Waals surface area contributed by atoms with Crippen molar-refractivity contribution in [3.63, 3.8) is 0 Å². The van der Waals surface area contributed by atoms with Crippen molar-refractivity contribution in [3.8, 4) is 22.9 Å². The second kappa shape index (κ2) is 9.68. The predicted molar refractivity (Wildman–Crippen MR) is 163 cm³/mol. The number of nitrogen functional groups attached to an aromatic ring is 1. The SMILES string of the molecule is Nc1nc2c(-c3c(Cl)c4c5c(nc(OC[C@@]67CCCN6C[C@H](F)C7)nc5c3F)N3C[C@H]5CC[C@H](N5)[C@H]3CO4)ccc(F)c2s1. The second-order valence-corrected chi connectivity index (χ2v) is 14.1. The van der Waals surface area contributed by atoms with E-state index < -0.39 is 23.3 Å². The molecule has 0 aliphatic carbocycles. The minimum absolute atomic E-state index is 0.00351. The van der Waals surface area contributed by atoms with E-state index in [1.807, 2.05) is 0 Å². The maximum atomic E-state index is 17.0. The van der Waals surface area contributed by atoms with Gasteiger partial charge in [-0.2, -0.15) is 9.97 Å². The van der Waals surface area contributed by atoms with Crippen LogP contribution in [0.15, 0.2) is 12.1 Å². The Morgan fingerprint density at radius 1 is 1.18 bits per heavy atom. The molecule has 14 heteroatoms. The maximum absolute atomic E-state index is 17.0. The van der Waals surface area contributed by atoms with E-state index in [4.69, 9.17) is 31.8 Å². The number of hydrogen-bond acceptors (Lipinski definition) is 10. The maximum Gasteiger partial charge on any atom is 0.319 e. The molecule has 5 atom stereocenters. The van der Waals surface area contributed by atoms with Crippen molar-refractivity contribution in [1.29, 1.82) is 0 Å². The van der Waals surface area contributed by atoms with Crippen molar-refractivity contribution in [3.05, 3.63) is 28.8 Å². The van der Waals surface area contributed by atoms with Gasteiger partial charge in [-0.05, 0) is 44.4 Å². The summed E-state index contributed by atoms with van der Waals surface area (Å²) in [7, 11) is 0. The monoisotopic (exact) mass is 643 g/mol. The Bertz CT molecular complexity index is 1860. The van der Waals surface area contributed by atoms with E-state index in [9.17, 15) is 8.78 Å². The van der Waals surface area contributed by atoms with Crippen molar-refractivity contribution in [2.45, 2.75) is 61.9 Å². The van der Waals surface area contributed by atoms with Gasteiger partial charge < -0.3 is 25.4 Å². The summed E-state index contributed by atoms with van der Waals surface area (Å²) in [4.78, 5) is 18.1. The third kappa shape index (κ3) is 3.88. The zero-order valence-corrected chi connectivity index (χ0v) is 25.2. The number of rotatable bonds is 4. The Labute approximate surface area is 259 Å². The Morgan fingerprint density at radius 3 is 2.95 bits per heavy atom. The summed E-state index contributed by atoms with van der Waals surface area (Å²) >= 11 is 8.00. The van der Waals surface area contributed by atoms with Gasteiger partial charge in [-0.25, -0.2) is 18.2 Å². The van der Waals surface area contributed by atoms with Gasteiger partial charge in [0, 0.05) is 42.7 Å². The van der Waals surface area contributed by atoms with Gasteiger partial charge >= 0.3 is 6.01 Å². The summed E-state index contributed by atoms with van der Waals surface area (Å²) in [6.45, 7) is 2.38. The first-order chi connectivity index (χ1) is 21.3. The zero-order chi connectivity index (χ0) is 29.9. The first-order valence-electron chi connectivity index (χ1n) is 15.0. The molecule has 0 radical (unpaired) electrons. The van der Waals surface area contributed by atoms with Gasteiger partial charge in [-0.3, -0.25) is 4.90 Å². The predicted octanol–water partition coefficient (Wildman–Crippen LogP) is 5.08. The number of piperazine rings is 1. The number of anilines is 2. The summed E-state index contributed by atoms with van der Waals surface area (Å²) in [5.41, 5.74) is 5.99. The topological polar surface area (TPSA) is 102 Å². The Kier molecular flexibility index (Phi) is 5.99. The summed E-state index contributed by atoms with van der Waals surface area (Å²) in [5, 5.41) is 4.23. The summed E-state index contributed by atoms with van der Waals surface area (Å²) in [6, 6.07) is 3.08. The normalized spacial score (nSPS) is 29.2. The van der Waals surface area contributed by atoms with Crippen LogP contribution in [0.2, 0.25) is 5.02 Å². The van der Waals surface area contributed by atoms with E-state index in [0.29, 0.717) is 37.3 Å². The highest BCUT2D eigenvalue weighted by molar-refractivity contribution is 7.22. The van der Waals surface area contributed by atoms with Gasteiger partial charge in [0.05, 0.1) is 32.2 Å². The van der Waals surface area contributed by atoms with Crippen LogP contribution in [0.1, 0.15) is 32.1 Å². The standard InChI is InChI=1S/C30H29ClF3N7O2S/c31-21-19(15-3-4-16(33)26-23(15)37-28(35)44-26)22(34)24-20-25(21)42-11-18-17-5-2-14(36-17)10-41(18)27(20)39-29(38-24)43-12-30-6-1-7-40(30)9-13(32)8-30/h3-4,13-14,17-18,36H,1-2,5-12H2,(H2,35,37)/t13-,14-,17+,18-,30+/m1/s1. The first kappa shape index (κ1) is 27.2. The molecule has 9 nitrogen and oxygen atoms in total. The minimum atomic E-state index is -0.910. The molecule has 4 fully saturated rings. The van der Waals surface area contributed by atoms with Gasteiger partial charge in [0.2, 0.25) is 0 Å². The molecular weight excluding hydrogens is 615 g/mol. The Morgan fingerprint density at radius 2 is 2.07 bits per heavy atom. The van der Waals surface area contributed by atoms with Crippen LogP contribution in [0, 0.1) is 11.6 Å². The van der Waals surface area contributed by atoms with E-state index >= 15 is 4.39 Å². The van der Waals surface area contributed by atoms with Crippen molar-refractivity contribution in [2.24, 2.45) is 0 Å². The molecule has 0 saturated carbocycles. The second-order valence-electron chi connectivity index (χ2n) is 12.7. The van der Waals surface area contributed by atoms with Crippen LogP contribution in [0.25, 0.3) is 32.2 Å². The van der Waals surface area contributed by atoms with Crippen molar-refractivity contribution in [1.82, 2.24) is 25.2 Å². The van der Waals surface area contributed by atoms with Crippen LogP contribution < -0.4 is 25.4 Å². The number of alkyl halides is 1. The van der Waals surface area contributed by atoms with Crippen molar-refractivity contribution < 1.29 is 22.6 Å². The number of aromatic nitrogens is 3. The highest BCUT2D eigenvalue weighted by Gasteiger charge is 2.50. The Hall–Kier alpha value is -3.13. The largest absolute Gasteiger partial charge is 0.489 e. The van der Waals surface area contributed by atoms with Gasteiger partial charge in [0.25, 0.3) is 0 Å². The van der Waals surface area contributed by atoms with Gasteiger partial charge in [-0.1, -0.05) is 22.9 Å². The van der Waals surface area contributed by atoms with E-state index in [1.54, 1.807) is 0 Å². The van der Waals surface area contributed by atoms with Crippen molar-refractivity contribution >= 4 is 55.0 Å². The fourth-order valence-corrected chi connectivity index (χ4v) is 9.32. The molecule has 0 spiro atoms. The lowest BCUT2D eigenvalue weighted by molar-refractivity contribution is 0.107. The van der Waals surface area contributed by atoms with Crippen LogP contribution in [0.5, 0.6) is 11.8 Å². The number of benzene rings is 2. The number of nitrogens with one attached hydrogen (secondary N) is 1. The Balaban J connectivity index is 1.24. The van der Waals surface area contributed by atoms with Crippen LogP contribution in [0.4, 0.5) is 24.1 Å². The van der Waals surface area contributed by atoms with Gasteiger partial charge in [-0.15, -0.1) is 0 Å². The molecule has 3 N–H and O–H groups in total. The molecular formula is C30H29ClF3N7O2S. The zero-order valence-electron chi connectivity index (χ0n) is 23.6. The third-order valence-electron chi connectivity index (χ3n) is 10.2. The molecule has 5 aliphatic rings. The molecule has 5 aliphatic heterocycles. The highest BCUT2D eigenvalue weighted by Crippen LogP contribution is 2.51. The molecule has 230 valence electrons. The highest BCUT2D eigenvalue weighted by atomic mass is 35.5. The number of nitrogens with zero attached hydrogens (tertiary/aromatic N) is 5. The molecule has 2 aromatic carbocycles. The van der Waals surface area contributed by atoms with Crippen molar-refractivity contribution in [2.75, 3.05) is 43.5 Å². The minimum Gasteiger partial charge on any atom is -0.489 e. The van der Waals surface area contributed by atoms with E-state index in [0.717, 1.165) is 43.6 Å². The molecule has 9 rings (SSSR count). The van der Waals surface area contributed by atoms with Gasteiger partial charge in [0.15, 0.2) is 16.7 Å². The number of thiazole rings is 1. The average molecular weight is 644 g/mol. The lowest BCUT2D eigenvalue weighted by Crippen LogP contribution is -2.60. The fourth-order valence-electron chi connectivity index (χ4n) is 8.23. The summed E-state index contributed by atoms with van der Waals surface area (Å²) in [6.07, 6.45) is 3.28. The number of hydrogen-bond donors (Lipinski definition) is 2. The first-order valence-corrected chi connectivity index (χ1v) is 16.2. The number of nitrogens with two attached hydrogens (primary N) is 1. The van der Waals surface area contributed by atoms with Crippen LogP contribution >= 0.6 is 22.9 Å². The fraction of sp³-hybridized carbons (Fsp3) is 0.500. The molecule has 7 heterocycles. The average Bonchev–Trinajstić information content (AvgIpc) is 3.73. The molecule has 0 amide bonds. The van der Waals surface area contributed by atoms with Crippen LogP contribution in [-0.4, -0.2) is 82.5 Å². The number of halogens is 4.